The van der Waals surface area contributed by atoms with Gasteiger partial charge in [0, 0.05) is 36.7 Å². The highest BCUT2D eigenvalue weighted by atomic mass is 32.1. The molecule has 1 aliphatic heterocycles. The normalized spacial score (nSPS) is 15.9. The Morgan fingerprint density at radius 2 is 2.00 bits per heavy atom. The van der Waals surface area contributed by atoms with Gasteiger partial charge in [-0.1, -0.05) is 30.3 Å². The van der Waals surface area contributed by atoms with Crippen LogP contribution in [0.3, 0.4) is 0 Å². The van der Waals surface area contributed by atoms with Crippen molar-refractivity contribution in [2.24, 2.45) is 5.92 Å². The van der Waals surface area contributed by atoms with Crippen molar-refractivity contribution in [2.45, 2.75) is 25.9 Å². The maximum Gasteiger partial charge on any atom is 0.258 e. The van der Waals surface area contributed by atoms with Gasteiger partial charge in [-0.15, -0.1) is 11.3 Å². The van der Waals surface area contributed by atoms with E-state index in [1.807, 2.05) is 35.7 Å². The Morgan fingerprint density at radius 3 is 2.78 bits per heavy atom. The Morgan fingerprint density at radius 1 is 1.22 bits per heavy atom. The zero-order chi connectivity index (χ0) is 18.6. The van der Waals surface area contributed by atoms with Gasteiger partial charge in [0.1, 0.15) is 0 Å². The number of nitrogens with one attached hydrogen (secondary N) is 1. The van der Waals surface area contributed by atoms with Crippen LogP contribution in [0.1, 0.15) is 24.1 Å². The smallest absolute Gasteiger partial charge is 0.258 e. The lowest BCUT2D eigenvalue weighted by Gasteiger charge is -2.31. The molecule has 27 heavy (non-hydrogen) atoms. The molecular formula is C20H22N4O2S. The Labute approximate surface area is 161 Å². The van der Waals surface area contributed by atoms with Gasteiger partial charge in [-0.2, -0.15) is 0 Å². The molecule has 0 atom stereocenters. The van der Waals surface area contributed by atoms with Crippen LogP contribution in [0.4, 0.5) is 0 Å². The van der Waals surface area contributed by atoms with Crippen molar-refractivity contribution in [1.82, 2.24) is 19.6 Å². The number of amides is 1. The Kier molecular flexibility index (Phi) is 5.31. The van der Waals surface area contributed by atoms with Crippen molar-refractivity contribution < 1.29 is 4.79 Å². The highest BCUT2D eigenvalue weighted by Gasteiger charge is 2.25. The molecule has 0 saturated carbocycles. The number of aromatic nitrogens is 2. The first-order valence-corrected chi connectivity index (χ1v) is 10.1. The molecule has 3 aromatic rings. The van der Waals surface area contributed by atoms with E-state index in [0.29, 0.717) is 13.1 Å². The first-order chi connectivity index (χ1) is 13.2. The standard InChI is InChI=1S/C20H22N4O2S/c25-18-12-17(22-20-24(18)10-11-27-20)14-23-8-6-16(7-9-23)19(26)21-13-15-4-2-1-3-5-15/h1-5,10-12,16H,6-9,13-14H2,(H,21,26). The van der Waals surface area contributed by atoms with E-state index in [1.54, 1.807) is 16.7 Å². The van der Waals surface area contributed by atoms with Crippen molar-refractivity contribution in [3.8, 4) is 0 Å². The largest absolute Gasteiger partial charge is 0.352 e. The van der Waals surface area contributed by atoms with Crippen molar-refractivity contribution in [3.05, 3.63) is 69.6 Å². The number of carbonyl (C=O) groups is 1. The number of piperidine rings is 1. The minimum Gasteiger partial charge on any atom is -0.352 e. The monoisotopic (exact) mass is 382 g/mol. The summed E-state index contributed by atoms with van der Waals surface area (Å²) < 4.78 is 1.57. The van der Waals surface area contributed by atoms with Crippen LogP contribution in [-0.2, 0) is 17.9 Å². The molecule has 1 N–H and O–H groups in total. The van der Waals surface area contributed by atoms with E-state index in [2.05, 4.69) is 15.2 Å². The van der Waals surface area contributed by atoms with Crippen LogP contribution in [0.2, 0.25) is 0 Å². The summed E-state index contributed by atoms with van der Waals surface area (Å²) >= 11 is 1.47. The van der Waals surface area contributed by atoms with Gasteiger partial charge in [0.05, 0.1) is 5.69 Å². The minimum atomic E-state index is -0.0357. The summed E-state index contributed by atoms with van der Waals surface area (Å²) in [5, 5.41) is 4.91. The molecule has 140 valence electrons. The third kappa shape index (κ3) is 4.26. The molecule has 6 nitrogen and oxygen atoms in total. The SMILES string of the molecule is O=C(NCc1ccccc1)C1CCN(Cc2cc(=O)n3ccsc3n2)CC1. The predicted octanol–water partition coefficient (Wildman–Crippen LogP) is 2.28. The van der Waals surface area contributed by atoms with E-state index in [9.17, 15) is 9.59 Å². The molecule has 7 heteroatoms. The molecule has 2 aromatic heterocycles. The van der Waals surface area contributed by atoms with Crippen LogP contribution in [0, 0.1) is 5.92 Å². The van der Waals surface area contributed by atoms with Gasteiger partial charge in [0.2, 0.25) is 5.91 Å². The Hall–Kier alpha value is -2.51. The highest BCUT2D eigenvalue weighted by Crippen LogP contribution is 2.19. The summed E-state index contributed by atoms with van der Waals surface area (Å²) in [6.07, 6.45) is 3.42. The van der Waals surface area contributed by atoms with Crippen LogP contribution >= 0.6 is 11.3 Å². The lowest BCUT2D eigenvalue weighted by molar-refractivity contribution is -0.126. The number of likely N-dealkylation sites (tertiary alicyclic amines) is 1. The number of benzene rings is 1. The zero-order valence-electron chi connectivity index (χ0n) is 15.0. The predicted molar refractivity (Wildman–Crippen MR) is 106 cm³/mol. The first-order valence-electron chi connectivity index (χ1n) is 9.19. The first kappa shape index (κ1) is 17.9. The van der Waals surface area contributed by atoms with E-state index < -0.39 is 0 Å². The van der Waals surface area contributed by atoms with E-state index >= 15 is 0 Å². The summed E-state index contributed by atoms with van der Waals surface area (Å²) in [5.41, 5.74) is 1.88. The van der Waals surface area contributed by atoms with E-state index in [-0.39, 0.29) is 17.4 Å². The third-order valence-electron chi connectivity index (χ3n) is 5.01. The summed E-state index contributed by atoms with van der Waals surface area (Å²) in [4.78, 5) is 32.1. The number of carbonyl (C=O) groups excluding carboxylic acids is 1. The fraction of sp³-hybridized carbons (Fsp3) is 0.350. The molecule has 0 aliphatic carbocycles. The molecule has 1 amide bonds. The number of thiazole rings is 1. The summed E-state index contributed by atoms with van der Waals surface area (Å²) in [6.45, 7) is 2.92. The molecule has 1 saturated heterocycles. The van der Waals surface area contributed by atoms with Crippen LogP contribution in [0.25, 0.3) is 4.96 Å². The lowest BCUT2D eigenvalue weighted by Crippen LogP contribution is -2.40. The van der Waals surface area contributed by atoms with Gasteiger partial charge < -0.3 is 5.32 Å². The average molecular weight is 382 g/mol. The van der Waals surface area contributed by atoms with Gasteiger partial charge in [-0.3, -0.25) is 18.9 Å². The van der Waals surface area contributed by atoms with Crippen LogP contribution in [0.5, 0.6) is 0 Å². The Balaban J connectivity index is 1.29. The lowest BCUT2D eigenvalue weighted by atomic mass is 9.95. The van der Waals surface area contributed by atoms with Crippen molar-refractivity contribution >= 4 is 22.2 Å². The number of rotatable bonds is 5. The highest BCUT2D eigenvalue weighted by molar-refractivity contribution is 7.15. The molecule has 1 aromatic carbocycles. The maximum atomic E-state index is 12.4. The van der Waals surface area contributed by atoms with Crippen molar-refractivity contribution in [1.29, 1.82) is 0 Å². The second kappa shape index (κ2) is 8.02. The fourth-order valence-corrected chi connectivity index (χ4v) is 4.22. The average Bonchev–Trinajstić information content (AvgIpc) is 3.17. The molecule has 4 rings (SSSR count). The number of nitrogens with zero attached hydrogens (tertiary/aromatic N) is 3. The molecule has 0 bridgehead atoms. The topological polar surface area (TPSA) is 66.7 Å². The molecule has 1 fully saturated rings. The molecule has 0 spiro atoms. The number of fused-ring (bicyclic) bond motifs is 1. The van der Waals surface area contributed by atoms with Gasteiger partial charge in [0.25, 0.3) is 5.56 Å². The summed E-state index contributed by atoms with van der Waals surface area (Å²) in [6, 6.07) is 11.6. The molecular weight excluding hydrogens is 360 g/mol. The second-order valence-corrected chi connectivity index (χ2v) is 7.77. The maximum absolute atomic E-state index is 12.4. The van der Waals surface area contributed by atoms with Crippen LogP contribution in [0.15, 0.2) is 52.8 Å². The molecule has 3 heterocycles. The fourth-order valence-electron chi connectivity index (χ4n) is 3.48. The third-order valence-corrected chi connectivity index (χ3v) is 5.77. The Bertz CT molecular complexity index is 974. The molecule has 0 radical (unpaired) electrons. The number of hydrogen-bond acceptors (Lipinski definition) is 5. The molecule has 0 unspecified atom stereocenters. The number of hydrogen-bond donors (Lipinski definition) is 1. The van der Waals surface area contributed by atoms with Gasteiger partial charge in [-0.05, 0) is 31.5 Å². The quantitative estimate of drug-likeness (QED) is 0.735. The summed E-state index contributed by atoms with van der Waals surface area (Å²) in [5.74, 6) is 0.193. The van der Waals surface area contributed by atoms with E-state index in [0.717, 1.165) is 42.1 Å². The van der Waals surface area contributed by atoms with E-state index in [1.165, 1.54) is 11.3 Å². The second-order valence-electron chi connectivity index (χ2n) is 6.90. The summed E-state index contributed by atoms with van der Waals surface area (Å²) in [7, 11) is 0. The van der Waals surface area contributed by atoms with Gasteiger partial charge in [-0.25, -0.2) is 4.98 Å². The van der Waals surface area contributed by atoms with Crippen LogP contribution < -0.4 is 10.9 Å². The van der Waals surface area contributed by atoms with Gasteiger partial charge >= 0.3 is 0 Å². The zero-order valence-corrected chi connectivity index (χ0v) is 15.8. The molecule has 1 aliphatic rings. The minimum absolute atomic E-state index is 0.0357. The van der Waals surface area contributed by atoms with Crippen LogP contribution in [-0.4, -0.2) is 33.3 Å². The van der Waals surface area contributed by atoms with Crippen molar-refractivity contribution in [3.63, 3.8) is 0 Å². The van der Waals surface area contributed by atoms with Crippen molar-refractivity contribution in [2.75, 3.05) is 13.1 Å². The van der Waals surface area contributed by atoms with E-state index in [4.69, 9.17) is 0 Å². The van der Waals surface area contributed by atoms with Gasteiger partial charge in [0.15, 0.2) is 4.96 Å².